The quantitative estimate of drug-likeness (QED) is 0.118. The summed E-state index contributed by atoms with van der Waals surface area (Å²) in [6.07, 6.45) is 14.3. The molecule has 2 N–H and O–H groups in total. The zero-order valence-electron chi connectivity index (χ0n) is 20.7. The van der Waals surface area contributed by atoms with Gasteiger partial charge < -0.3 is 4.57 Å². The van der Waals surface area contributed by atoms with Crippen LogP contribution in [0.2, 0.25) is 0 Å². The largest absolute Gasteiger partial charge is 0.319 e. The molecule has 0 bridgehead atoms. The molecule has 0 radical (unpaired) electrons. The lowest BCUT2D eigenvalue weighted by Gasteiger charge is -2.09. The van der Waals surface area contributed by atoms with Crippen LogP contribution < -0.4 is 0 Å². The normalized spacial score (nSPS) is 12.5. The van der Waals surface area contributed by atoms with Gasteiger partial charge in [0, 0.05) is 12.3 Å². The van der Waals surface area contributed by atoms with Crippen molar-refractivity contribution in [1.82, 2.24) is 9.55 Å². The van der Waals surface area contributed by atoms with Crippen molar-refractivity contribution in [2.75, 3.05) is 11.5 Å². The molecule has 2 rings (SSSR count). The summed E-state index contributed by atoms with van der Waals surface area (Å²) >= 11 is 1.64. The van der Waals surface area contributed by atoms with Crippen LogP contribution in [0.4, 0.5) is 0 Å². The lowest BCUT2D eigenvalue weighted by Crippen LogP contribution is -2.05. The number of unbranched alkanes of at least 4 members (excludes halogenated alkanes) is 11. The van der Waals surface area contributed by atoms with Crippen molar-refractivity contribution in [2.24, 2.45) is 0 Å². The van der Waals surface area contributed by atoms with Gasteiger partial charge in [-0.15, -0.1) is 0 Å². The van der Waals surface area contributed by atoms with Crippen LogP contribution in [0.25, 0.3) is 11.0 Å². The van der Waals surface area contributed by atoms with E-state index in [4.69, 9.17) is 4.55 Å². The number of aryl methyl sites for hydroxylation is 1. The fourth-order valence-corrected chi connectivity index (χ4v) is 6.16. The molecule has 1 aromatic heterocycles. The lowest BCUT2D eigenvalue weighted by molar-refractivity contribution is 0.477. The SMILES string of the molecule is CCCCCCCCCCCCSc1nc2ccc(S(=O)(=O)O)cc2n1CCCCCS(=O)(=O)O. The van der Waals surface area contributed by atoms with Gasteiger partial charge in [0.1, 0.15) is 0 Å². The second kappa shape index (κ2) is 15.2. The summed E-state index contributed by atoms with van der Waals surface area (Å²) in [5.41, 5.74) is 1.28. The van der Waals surface area contributed by atoms with Crippen molar-refractivity contribution in [2.45, 2.75) is 107 Å². The molecule has 0 aliphatic heterocycles. The average Bonchev–Trinajstić information content (AvgIpc) is 3.12. The van der Waals surface area contributed by atoms with Crippen molar-refractivity contribution in [1.29, 1.82) is 0 Å². The number of fused-ring (bicyclic) bond motifs is 1. The van der Waals surface area contributed by atoms with Gasteiger partial charge in [-0.25, -0.2) is 4.98 Å². The van der Waals surface area contributed by atoms with Gasteiger partial charge in [0.15, 0.2) is 5.16 Å². The van der Waals surface area contributed by atoms with E-state index in [0.29, 0.717) is 36.8 Å². The first-order chi connectivity index (χ1) is 16.6. The van der Waals surface area contributed by atoms with Crippen LogP contribution in [0.1, 0.15) is 90.4 Å². The standard InChI is InChI=1S/C24H40N2O6S3/c1-2-3-4-5-6-7-8-9-10-13-18-33-24-25-22-16-15-21(35(30,31)32)20-23(22)26(24)17-12-11-14-19-34(27,28)29/h15-16,20H,2-14,17-19H2,1H3,(H,27,28,29)(H,30,31,32). The molecule has 11 heteroatoms. The Morgan fingerprint density at radius 1 is 0.829 bits per heavy atom. The first kappa shape index (κ1) is 30.1. The summed E-state index contributed by atoms with van der Waals surface area (Å²) in [5, 5.41) is 0.790. The third-order valence-corrected chi connectivity index (χ3v) is 8.71. The maximum absolute atomic E-state index is 11.6. The van der Waals surface area contributed by atoms with Crippen LogP contribution in [0.15, 0.2) is 28.3 Å². The molecule has 0 spiro atoms. The number of aromatic nitrogens is 2. The van der Waals surface area contributed by atoms with Crippen molar-refractivity contribution in [3.63, 3.8) is 0 Å². The van der Waals surface area contributed by atoms with E-state index in [1.165, 1.54) is 69.9 Å². The molecule has 0 amide bonds. The summed E-state index contributed by atoms with van der Waals surface area (Å²) in [4.78, 5) is 4.49. The van der Waals surface area contributed by atoms with Crippen molar-refractivity contribution < 1.29 is 25.9 Å². The Labute approximate surface area is 214 Å². The van der Waals surface area contributed by atoms with Crippen LogP contribution in [0.3, 0.4) is 0 Å². The zero-order valence-corrected chi connectivity index (χ0v) is 23.1. The Bertz CT molecular complexity index is 1110. The monoisotopic (exact) mass is 548 g/mol. The molecule has 0 atom stereocenters. The topological polar surface area (TPSA) is 127 Å². The van der Waals surface area contributed by atoms with Gasteiger partial charge in [-0.2, -0.15) is 16.8 Å². The molecule has 0 saturated heterocycles. The molecule has 0 fully saturated rings. The minimum Gasteiger partial charge on any atom is -0.319 e. The molecule has 0 saturated carbocycles. The molecule has 8 nitrogen and oxygen atoms in total. The van der Waals surface area contributed by atoms with Crippen LogP contribution in [0, 0.1) is 0 Å². The number of rotatable bonds is 19. The van der Waals surface area contributed by atoms with Crippen LogP contribution in [-0.2, 0) is 26.8 Å². The summed E-state index contributed by atoms with van der Waals surface area (Å²) < 4.78 is 65.4. The van der Waals surface area contributed by atoms with E-state index in [0.717, 1.165) is 17.3 Å². The Kier molecular flexibility index (Phi) is 13.1. The first-order valence-electron chi connectivity index (χ1n) is 12.7. The second-order valence-electron chi connectivity index (χ2n) is 9.05. The average molecular weight is 549 g/mol. The van der Waals surface area contributed by atoms with E-state index in [-0.39, 0.29) is 10.6 Å². The molecule has 0 aliphatic rings. The van der Waals surface area contributed by atoms with E-state index in [9.17, 15) is 21.4 Å². The summed E-state index contributed by atoms with van der Waals surface area (Å²) in [6.45, 7) is 2.77. The molecule has 0 unspecified atom stereocenters. The van der Waals surface area contributed by atoms with E-state index in [1.54, 1.807) is 17.8 Å². The Morgan fingerprint density at radius 2 is 1.43 bits per heavy atom. The smallest absolute Gasteiger partial charge is 0.294 e. The van der Waals surface area contributed by atoms with Crippen molar-refractivity contribution in [3.05, 3.63) is 18.2 Å². The first-order valence-corrected chi connectivity index (χ1v) is 16.7. The third-order valence-electron chi connectivity index (χ3n) is 6.00. The molecule has 200 valence electrons. The van der Waals surface area contributed by atoms with Crippen LogP contribution in [-0.4, -0.2) is 47.0 Å². The molecule has 2 aromatic rings. The Morgan fingerprint density at radius 3 is 2.03 bits per heavy atom. The second-order valence-corrected chi connectivity index (χ2v) is 13.1. The summed E-state index contributed by atoms with van der Waals surface area (Å²) in [7, 11) is -8.30. The fourth-order valence-electron chi connectivity index (χ4n) is 4.05. The Hall–Kier alpha value is -1.14. The minimum absolute atomic E-state index is 0.177. The molecule has 1 heterocycles. The maximum Gasteiger partial charge on any atom is 0.294 e. The van der Waals surface area contributed by atoms with E-state index < -0.39 is 20.2 Å². The van der Waals surface area contributed by atoms with E-state index in [2.05, 4.69) is 11.9 Å². The van der Waals surface area contributed by atoms with E-state index in [1.807, 2.05) is 4.57 Å². The molecule has 1 aromatic carbocycles. The minimum atomic E-state index is -4.33. The fraction of sp³-hybridized carbons (Fsp3) is 0.708. The molecule has 35 heavy (non-hydrogen) atoms. The van der Waals surface area contributed by atoms with Crippen LogP contribution in [0.5, 0.6) is 0 Å². The van der Waals surface area contributed by atoms with Crippen molar-refractivity contribution >= 4 is 43.0 Å². The van der Waals surface area contributed by atoms with Gasteiger partial charge in [0.05, 0.1) is 21.7 Å². The molecule has 0 aliphatic carbocycles. The highest BCUT2D eigenvalue weighted by atomic mass is 32.2. The van der Waals surface area contributed by atoms with Gasteiger partial charge in [-0.05, 0) is 37.5 Å². The van der Waals surface area contributed by atoms with Gasteiger partial charge in [0.2, 0.25) is 0 Å². The summed E-state index contributed by atoms with van der Waals surface area (Å²) in [6, 6.07) is 4.37. The number of hydrogen-bond donors (Lipinski definition) is 2. The number of benzene rings is 1. The predicted octanol–water partition coefficient (Wildman–Crippen LogP) is 6.35. The highest BCUT2D eigenvalue weighted by Gasteiger charge is 2.16. The van der Waals surface area contributed by atoms with E-state index >= 15 is 0 Å². The summed E-state index contributed by atoms with van der Waals surface area (Å²) in [5.74, 6) is 0.638. The number of imidazole rings is 1. The highest BCUT2D eigenvalue weighted by Crippen LogP contribution is 2.28. The van der Waals surface area contributed by atoms with Gasteiger partial charge in [-0.3, -0.25) is 9.11 Å². The van der Waals surface area contributed by atoms with Crippen molar-refractivity contribution in [3.8, 4) is 0 Å². The predicted molar refractivity (Wildman–Crippen MR) is 142 cm³/mol. The lowest BCUT2D eigenvalue weighted by atomic mass is 10.1. The maximum atomic E-state index is 11.6. The van der Waals surface area contributed by atoms with Gasteiger partial charge in [-0.1, -0.05) is 82.9 Å². The third kappa shape index (κ3) is 11.6. The number of hydrogen-bond acceptors (Lipinski definition) is 6. The van der Waals surface area contributed by atoms with Gasteiger partial charge >= 0.3 is 0 Å². The number of nitrogens with zero attached hydrogens (tertiary/aromatic N) is 2. The van der Waals surface area contributed by atoms with Gasteiger partial charge in [0.25, 0.3) is 20.2 Å². The van der Waals surface area contributed by atoms with Crippen LogP contribution >= 0.6 is 11.8 Å². The molecular formula is C24H40N2O6S3. The Balaban J connectivity index is 1.91. The molecular weight excluding hydrogens is 508 g/mol. The number of thioether (sulfide) groups is 1. The zero-order chi connectivity index (χ0) is 25.7. The highest BCUT2D eigenvalue weighted by molar-refractivity contribution is 7.99.